The summed E-state index contributed by atoms with van der Waals surface area (Å²) < 4.78 is 5.78. The van der Waals surface area contributed by atoms with Crippen molar-refractivity contribution in [2.24, 2.45) is 0 Å². The van der Waals surface area contributed by atoms with E-state index in [0.717, 1.165) is 16.3 Å². The van der Waals surface area contributed by atoms with Crippen LogP contribution in [0.15, 0.2) is 0 Å². The third-order valence-corrected chi connectivity index (χ3v) is 2.39. The normalized spacial score (nSPS) is 17.3. The zero-order valence-electron chi connectivity index (χ0n) is 6.86. The summed E-state index contributed by atoms with van der Waals surface area (Å²) in [7, 11) is 0. The van der Waals surface area contributed by atoms with Gasteiger partial charge in [0.25, 0.3) is 11.8 Å². The second-order valence-corrected chi connectivity index (χ2v) is 3.35. The summed E-state index contributed by atoms with van der Waals surface area (Å²) in [5.74, 6) is -0.244. The number of nitriles is 1. The van der Waals surface area contributed by atoms with Crippen molar-refractivity contribution in [3.05, 3.63) is 0 Å². The van der Waals surface area contributed by atoms with Crippen molar-refractivity contribution < 1.29 is 14.3 Å². The second kappa shape index (κ2) is 4.84. The van der Waals surface area contributed by atoms with E-state index in [0.29, 0.717) is 12.2 Å². The molecule has 0 atom stereocenters. The van der Waals surface area contributed by atoms with Gasteiger partial charge in [0.05, 0.1) is 6.07 Å². The molecular weight excluding hydrogens is 192 g/mol. The molecular formula is C7H8N2O3S. The van der Waals surface area contributed by atoms with E-state index in [-0.39, 0.29) is 25.0 Å². The van der Waals surface area contributed by atoms with Gasteiger partial charge in [0, 0.05) is 12.2 Å². The minimum atomic E-state index is -0.348. The molecule has 1 rings (SSSR count). The number of morpholine rings is 1. The third-order valence-electron chi connectivity index (χ3n) is 1.34. The van der Waals surface area contributed by atoms with Crippen LogP contribution in [-0.4, -0.2) is 35.1 Å². The zero-order chi connectivity index (χ0) is 9.68. The van der Waals surface area contributed by atoms with Gasteiger partial charge in [0.1, 0.15) is 13.2 Å². The Labute approximate surface area is 79.8 Å². The first-order chi connectivity index (χ1) is 6.25. The monoisotopic (exact) mass is 200 g/mol. The number of carbonyl (C=O) groups is 2. The van der Waals surface area contributed by atoms with Gasteiger partial charge in [-0.25, -0.2) is 4.31 Å². The number of hydrogen-bond donors (Lipinski definition) is 0. The van der Waals surface area contributed by atoms with E-state index < -0.39 is 0 Å². The third kappa shape index (κ3) is 2.72. The van der Waals surface area contributed by atoms with Crippen molar-refractivity contribution in [3.63, 3.8) is 0 Å². The maximum absolute atomic E-state index is 11.1. The van der Waals surface area contributed by atoms with Crippen molar-refractivity contribution in [3.8, 4) is 6.07 Å². The molecule has 1 fully saturated rings. The van der Waals surface area contributed by atoms with Crippen LogP contribution in [0.25, 0.3) is 0 Å². The van der Waals surface area contributed by atoms with E-state index in [4.69, 9.17) is 10.00 Å². The molecule has 0 aliphatic carbocycles. The Morgan fingerprint density at radius 2 is 2.08 bits per heavy atom. The number of rotatable bonds is 3. The molecule has 6 heteroatoms. The molecule has 0 unspecified atom stereocenters. The Bertz CT molecular complexity index is 245. The lowest BCUT2D eigenvalue weighted by atomic mass is 10.5. The van der Waals surface area contributed by atoms with Gasteiger partial charge >= 0.3 is 0 Å². The summed E-state index contributed by atoms with van der Waals surface area (Å²) in [6, 6.07) is 1.94. The van der Waals surface area contributed by atoms with Crippen molar-refractivity contribution in [1.29, 1.82) is 5.26 Å². The summed E-state index contributed by atoms with van der Waals surface area (Å²) in [6.07, 6.45) is 0.322. The van der Waals surface area contributed by atoms with Gasteiger partial charge in [-0.05, 0) is 11.9 Å². The molecule has 1 saturated heterocycles. The second-order valence-electron chi connectivity index (χ2n) is 2.32. The topological polar surface area (TPSA) is 70.4 Å². The summed E-state index contributed by atoms with van der Waals surface area (Å²) in [6.45, 7) is -0.101. The maximum atomic E-state index is 11.1. The molecule has 0 aromatic carbocycles. The Kier molecular flexibility index (Phi) is 3.73. The van der Waals surface area contributed by atoms with Crippen LogP contribution in [0.4, 0.5) is 0 Å². The lowest BCUT2D eigenvalue weighted by molar-refractivity contribution is -0.150. The summed E-state index contributed by atoms with van der Waals surface area (Å²) >= 11 is 1.07. The predicted molar refractivity (Wildman–Crippen MR) is 45.4 cm³/mol. The van der Waals surface area contributed by atoms with Gasteiger partial charge in [-0.1, -0.05) is 0 Å². The smallest absolute Gasteiger partial charge is 0.265 e. The van der Waals surface area contributed by atoms with Gasteiger partial charge in [0.15, 0.2) is 0 Å². The first-order valence-corrected chi connectivity index (χ1v) is 4.63. The summed E-state index contributed by atoms with van der Waals surface area (Å²) in [5, 5.41) is 8.25. The molecule has 1 aliphatic heterocycles. The van der Waals surface area contributed by atoms with Crippen LogP contribution in [0.5, 0.6) is 0 Å². The average Bonchev–Trinajstić information content (AvgIpc) is 2.10. The molecule has 70 valence electrons. The zero-order valence-corrected chi connectivity index (χ0v) is 7.67. The van der Waals surface area contributed by atoms with Crippen molar-refractivity contribution >= 4 is 23.8 Å². The first-order valence-electron chi connectivity index (χ1n) is 3.69. The number of nitrogens with zero attached hydrogens (tertiary/aromatic N) is 2. The molecule has 0 bridgehead atoms. The molecule has 13 heavy (non-hydrogen) atoms. The molecule has 0 saturated carbocycles. The number of amides is 2. The number of imide groups is 1. The fraction of sp³-hybridized carbons (Fsp3) is 0.571. The van der Waals surface area contributed by atoms with Crippen molar-refractivity contribution in [1.82, 2.24) is 4.31 Å². The van der Waals surface area contributed by atoms with E-state index in [2.05, 4.69) is 0 Å². The van der Waals surface area contributed by atoms with Crippen molar-refractivity contribution in [2.75, 3.05) is 19.0 Å². The largest absolute Gasteiger partial charge is 0.362 e. The van der Waals surface area contributed by atoms with E-state index in [1.54, 1.807) is 0 Å². The molecule has 0 aromatic rings. The highest BCUT2D eigenvalue weighted by Gasteiger charge is 2.26. The lowest BCUT2D eigenvalue weighted by Crippen LogP contribution is -2.41. The van der Waals surface area contributed by atoms with Gasteiger partial charge in [-0.15, -0.1) is 0 Å². The van der Waals surface area contributed by atoms with Crippen LogP contribution >= 0.6 is 11.9 Å². The number of carbonyl (C=O) groups excluding carboxylic acids is 2. The quantitative estimate of drug-likeness (QED) is 0.362. The molecule has 0 radical (unpaired) electrons. The van der Waals surface area contributed by atoms with Gasteiger partial charge in [-0.2, -0.15) is 5.26 Å². The van der Waals surface area contributed by atoms with Crippen molar-refractivity contribution in [2.45, 2.75) is 6.42 Å². The molecule has 0 aromatic heterocycles. The van der Waals surface area contributed by atoms with Crippen LogP contribution in [-0.2, 0) is 14.3 Å². The van der Waals surface area contributed by atoms with Crippen LogP contribution in [0, 0.1) is 11.3 Å². The number of hydrogen-bond acceptors (Lipinski definition) is 5. The maximum Gasteiger partial charge on any atom is 0.265 e. The fourth-order valence-electron chi connectivity index (χ4n) is 0.809. The Morgan fingerprint density at radius 3 is 2.62 bits per heavy atom. The molecule has 1 aliphatic rings. The standard InChI is InChI=1S/C7H8N2O3S/c8-2-1-3-13-9-6(10)4-12-5-7(9)11/h1,3-5H2. The first kappa shape index (κ1) is 10.0. The molecule has 5 nitrogen and oxygen atoms in total. The summed E-state index contributed by atoms with van der Waals surface area (Å²) in [5.41, 5.74) is 0. The minimum Gasteiger partial charge on any atom is -0.362 e. The van der Waals surface area contributed by atoms with Gasteiger partial charge in [0.2, 0.25) is 0 Å². The highest BCUT2D eigenvalue weighted by Crippen LogP contribution is 2.14. The number of ether oxygens (including phenoxy) is 1. The van der Waals surface area contributed by atoms with Gasteiger partial charge in [-0.3, -0.25) is 9.59 Å². The van der Waals surface area contributed by atoms with Gasteiger partial charge < -0.3 is 4.74 Å². The molecule has 0 spiro atoms. The summed E-state index contributed by atoms with van der Waals surface area (Å²) in [4.78, 5) is 22.2. The predicted octanol–water partition coefficient (Wildman–Crippen LogP) is -0.0663. The van der Waals surface area contributed by atoms with Crippen LogP contribution < -0.4 is 0 Å². The van der Waals surface area contributed by atoms with Crippen LogP contribution in [0.1, 0.15) is 6.42 Å². The van der Waals surface area contributed by atoms with E-state index in [9.17, 15) is 9.59 Å². The van der Waals surface area contributed by atoms with Crippen LogP contribution in [0.2, 0.25) is 0 Å². The lowest BCUT2D eigenvalue weighted by Gasteiger charge is -2.22. The Hall–Kier alpha value is -1.06. The highest BCUT2D eigenvalue weighted by atomic mass is 32.2. The average molecular weight is 200 g/mol. The van der Waals surface area contributed by atoms with E-state index in [1.807, 2.05) is 6.07 Å². The Balaban J connectivity index is 2.41. The fourth-order valence-corrected chi connectivity index (χ4v) is 1.57. The molecule has 0 N–H and O–H groups in total. The van der Waals surface area contributed by atoms with E-state index >= 15 is 0 Å². The molecule has 2 amide bonds. The highest BCUT2D eigenvalue weighted by molar-refractivity contribution is 7.98. The SMILES string of the molecule is N#CCCSN1C(=O)COCC1=O. The van der Waals surface area contributed by atoms with Crippen LogP contribution in [0.3, 0.4) is 0 Å². The van der Waals surface area contributed by atoms with E-state index in [1.165, 1.54) is 0 Å². The molecule has 1 heterocycles. The Morgan fingerprint density at radius 1 is 1.46 bits per heavy atom. The minimum absolute atomic E-state index is 0.0503.